The molecular weight excluding hydrogens is 192 g/mol. The zero-order valence-electron chi connectivity index (χ0n) is 8.20. The molecule has 2 heterocycles. The van der Waals surface area contributed by atoms with E-state index in [-0.39, 0.29) is 11.6 Å². The van der Waals surface area contributed by atoms with E-state index in [0.717, 1.165) is 30.7 Å². The van der Waals surface area contributed by atoms with Gasteiger partial charge in [0.05, 0.1) is 5.39 Å². The van der Waals surface area contributed by atoms with Crippen LogP contribution in [-0.2, 0) is 13.1 Å². The van der Waals surface area contributed by atoms with E-state index >= 15 is 0 Å². The highest BCUT2D eigenvalue weighted by atomic mass is 16.3. The molecule has 0 amide bonds. The molecule has 1 aliphatic heterocycles. The minimum Gasteiger partial charge on any atom is -0.507 e. The maximum absolute atomic E-state index is 9.99. The van der Waals surface area contributed by atoms with Crippen LogP contribution in [0, 0.1) is 0 Å². The van der Waals surface area contributed by atoms with Crippen molar-refractivity contribution in [2.24, 2.45) is 0 Å². The minimum atomic E-state index is 0.145. The third kappa shape index (κ3) is 1.05. The van der Waals surface area contributed by atoms with Crippen LogP contribution in [0.1, 0.15) is 5.69 Å². The van der Waals surface area contributed by atoms with Gasteiger partial charge in [0.25, 0.3) is 0 Å². The van der Waals surface area contributed by atoms with Gasteiger partial charge < -0.3 is 20.1 Å². The number of aromatic nitrogens is 1. The Kier molecular flexibility index (Phi) is 1.67. The molecule has 4 heteroatoms. The number of phenolic OH excluding ortho intramolecular Hbond substituents is 1. The highest BCUT2D eigenvalue weighted by Crippen LogP contribution is 2.37. The van der Waals surface area contributed by atoms with Gasteiger partial charge in [-0.05, 0) is 6.07 Å². The van der Waals surface area contributed by atoms with Crippen molar-refractivity contribution >= 4 is 10.8 Å². The highest BCUT2D eigenvalue weighted by Gasteiger charge is 2.20. The van der Waals surface area contributed by atoms with E-state index in [9.17, 15) is 10.2 Å². The van der Waals surface area contributed by atoms with E-state index in [2.05, 4.69) is 5.32 Å². The van der Waals surface area contributed by atoms with Crippen molar-refractivity contribution in [3.8, 4) is 11.6 Å². The number of hydrogen-bond donors (Lipinski definition) is 3. The van der Waals surface area contributed by atoms with Gasteiger partial charge in [-0.25, -0.2) is 0 Å². The molecule has 4 nitrogen and oxygen atoms in total. The van der Waals surface area contributed by atoms with Crippen molar-refractivity contribution in [3.63, 3.8) is 0 Å². The van der Waals surface area contributed by atoms with E-state index in [1.807, 2.05) is 10.6 Å². The van der Waals surface area contributed by atoms with E-state index in [0.29, 0.717) is 5.39 Å². The van der Waals surface area contributed by atoms with Gasteiger partial charge in [0.2, 0.25) is 5.88 Å². The molecule has 3 N–H and O–H groups in total. The highest BCUT2D eigenvalue weighted by molar-refractivity contribution is 5.95. The summed E-state index contributed by atoms with van der Waals surface area (Å²) in [7, 11) is 0. The molecule has 78 valence electrons. The average molecular weight is 204 g/mol. The fourth-order valence-corrected chi connectivity index (χ4v) is 2.25. The largest absolute Gasteiger partial charge is 0.507 e. The Bertz CT molecular complexity index is 531. The summed E-state index contributed by atoms with van der Waals surface area (Å²) in [5.74, 6) is 0.325. The smallest absolute Gasteiger partial charge is 0.203 e. The second-order valence-electron chi connectivity index (χ2n) is 3.80. The SMILES string of the molecule is Oc1cccc2c3n(c(O)c12)CCNC3. The fourth-order valence-electron chi connectivity index (χ4n) is 2.25. The quantitative estimate of drug-likeness (QED) is 0.603. The zero-order valence-corrected chi connectivity index (χ0v) is 8.20. The Morgan fingerprint density at radius 3 is 3.00 bits per heavy atom. The summed E-state index contributed by atoms with van der Waals surface area (Å²) >= 11 is 0. The van der Waals surface area contributed by atoms with E-state index in [1.54, 1.807) is 12.1 Å². The van der Waals surface area contributed by atoms with E-state index in [1.165, 1.54) is 0 Å². The Hall–Kier alpha value is -1.68. The molecule has 0 spiro atoms. The predicted octanol–water partition coefficient (Wildman–Crippen LogP) is 1.16. The Labute approximate surface area is 86.8 Å². The van der Waals surface area contributed by atoms with Crippen LogP contribution in [0.25, 0.3) is 10.8 Å². The van der Waals surface area contributed by atoms with Crippen molar-refractivity contribution in [1.29, 1.82) is 0 Å². The molecule has 1 aliphatic rings. The number of benzene rings is 1. The van der Waals surface area contributed by atoms with Crippen LogP contribution < -0.4 is 5.32 Å². The first kappa shape index (κ1) is 8.61. The lowest BCUT2D eigenvalue weighted by Gasteiger charge is -2.16. The lowest BCUT2D eigenvalue weighted by molar-refractivity contribution is 0.394. The maximum Gasteiger partial charge on any atom is 0.203 e. The first-order chi connectivity index (χ1) is 7.29. The van der Waals surface area contributed by atoms with E-state index in [4.69, 9.17) is 0 Å². The van der Waals surface area contributed by atoms with Gasteiger partial charge in [-0.15, -0.1) is 0 Å². The number of phenols is 1. The summed E-state index contributed by atoms with van der Waals surface area (Å²) in [5, 5.41) is 24.4. The van der Waals surface area contributed by atoms with E-state index < -0.39 is 0 Å². The number of fused-ring (bicyclic) bond motifs is 3. The van der Waals surface area contributed by atoms with Gasteiger partial charge in [-0.2, -0.15) is 0 Å². The molecule has 0 aliphatic carbocycles. The first-order valence-electron chi connectivity index (χ1n) is 5.02. The molecule has 3 rings (SSSR count). The molecular formula is C11H12N2O2. The molecule has 0 saturated carbocycles. The van der Waals surface area contributed by atoms with Crippen molar-refractivity contribution in [2.45, 2.75) is 13.1 Å². The second-order valence-corrected chi connectivity index (χ2v) is 3.80. The average Bonchev–Trinajstić information content (AvgIpc) is 2.55. The lowest BCUT2D eigenvalue weighted by atomic mass is 10.1. The molecule has 15 heavy (non-hydrogen) atoms. The van der Waals surface area contributed by atoms with Gasteiger partial charge in [-0.1, -0.05) is 12.1 Å². The predicted molar refractivity (Wildman–Crippen MR) is 57.0 cm³/mol. The molecule has 0 unspecified atom stereocenters. The summed E-state index contributed by atoms with van der Waals surface area (Å²) in [5.41, 5.74) is 1.05. The number of nitrogens with one attached hydrogen (secondary N) is 1. The molecule has 0 radical (unpaired) electrons. The Balaban J connectivity index is 2.44. The first-order valence-corrected chi connectivity index (χ1v) is 5.02. The number of hydrogen-bond acceptors (Lipinski definition) is 3. The Morgan fingerprint density at radius 1 is 1.27 bits per heavy atom. The van der Waals surface area contributed by atoms with Gasteiger partial charge in [0, 0.05) is 30.7 Å². The maximum atomic E-state index is 9.99. The third-order valence-corrected chi connectivity index (χ3v) is 2.96. The van der Waals surface area contributed by atoms with Gasteiger partial charge in [0.15, 0.2) is 0 Å². The molecule has 1 aromatic carbocycles. The van der Waals surface area contributed by atoms with Crippen molar-refractivity contribution in [3.05, 3.63) is 23.9 Å². The Morgan fingerprint density at radius 2 is 2.13 bits per heavy atom. The van der Waals surface area contributed by atoms with Gasteiger partial charge >= 0.3 is 0 Å². The summed E-state index contributed by atoms with van der Waals surface area (Å²) in [6.45, 7) is 2.33. The number of aromatic hydroxyl groups is 2. The topological polar surface area (TPSA) is 57.4 Å². The zero-order chi connectivity index (χ0) is 10.4. The molecule has 0 bridgehead atoms. The molecule has 0 atom stereocenters. The molecule has 0 saturated heterocycles. The van der Waals surface area contributed by atoms with Crippen molar-refractivity contribution < 1.29 is 10.2 Å². The second kappa shape index (κ2) is 2.90. The number of nitrogens with zero attached hydrogens (tertiary/aromatic N) is 1. The standard InChI is InChI=1S/C11H12N2O2/c14-9-3-1-2-7-8-6-12-4-5-13(8)11(15)10(7)9/h1-3,12,14-15H,4-6H2. The summed E-state index contributed by atoms with van der Waals surface area (Å²) in [6.07, 6.45) is 0. The summed E-state index contributed by atoms with van der Waals surface area (Å²) < 4.78 is 1.86. The monoisotopic (exact) mass is 204 g/mol. The fraction of sp³-hybridized carbons (Fsp3) is 0.273. The van der Waals surface area contributed by atoms with Crippen LogP contribution in [0.2, 0.25) is 0 Å². The molecule has 1 aromatic heterocycles. The van der Waals surface area contributed by atoms with Gasteiger partial charge in [0.1, 0.15) is 5.75 Å². The molecule has 0 fully saturated rings. The van der Waals surface area contributed by atoms with Crippen LogP contribution >= 0.6 is 0 Å². The van der Waals surface area contributed by atoms with Crippen molar-refractivity contribution in [1.82, 2.24) is 9.88 Å². The van der Waals surface area contributed by atoms with Crippen LogP contribution in [0.5, 0.6) is 11.6 Å². The van der Waals surface area contributed by atoms with Crippen LogP contribution in [-0.4, -0.2) is 21.3 Å². The summed E-state index contributed by atoms with van der Waals surface area (Å²) in [6, 6.07) is 5.32. The van der Waals surface area contributed by atoms with Gasteiger partial charge in [-0.3, -0.25) is 0 Å². The summed E-state index contributed by atoms with van der Waals surface area (Å²) in [4.78, 5) is 0. The van der Waals surface area contributed by atoms with Crippen LogP contribution in [0.15, 0.2) is 18.2 Å². The normalized spacial score (nSPS) is 15.5. The van der Waals surface area contributed by atoms with Crippen LogP contribution in [0.4, 0.5) is 0 Å². The van der Waals surface area contributed by atoms with Crippen molar-refractivity contribution in [2.75, 3.05) is 6.54 Å². The van der Waals surface area contributed by atoms with Crippen LogP contribution in [0.3, 0.4) is 0 Å². The lowest BCUT2D eigenvalue weighted by Crippen LogP contribution is -2.27. The third-order valence-electron chi connectivity index (χ3n) is 2.96. The molecule has 2 aromatic rings. The minimum absolute atomic E-state index is 0.145. The number of rotatable bonds is 0.